The van der Waals surface area contributed by atoms with Gasteiger partial charge in [-0.1, -0.05) is 11.6 Å². The molecule has 8 heteroatoms. The van der Waals surface area contributed by atoms with Crippen LogP contribution in [-0.4, -0.2) is 30.7 Å². The molecule has 0 saturated carbocycles. The average molecular weight is 328 g/mol. The van der Waals surface area contributed by atoms with Crippen molar-refractivity contribution < 1.29 is 23.1 Å². The van der Waals surface area contributed by atoms with Crippen LogP contribution in [0.25, 0.3) is 0 Å². The maximum atomic E-state index is 11.6. The molecule has 0 aliphatic heterocycles. The van der Waals surface area contributed by atoms with E-state index in [1.807, 2.05) is 0 Å². The molecular formula is C13H10ClNO5S. The van der Waals surface area contributed by atoms with Gasteiger partial charge in [0.2, 0.25) is 5.88 Å². The molecule has 0 atom stereocenters. The van der Waals surface area contributed by atoms with Crippen LogP contribution in [0.2, 0.25) is 5.02 Å². The third-order valence-corrected chi connectivity index (χ3v) is 3.96. The summed E-state index contributed by atoms with van der Waals surface area (Å²) in [5.74, 6) is -1.21. The lowest BCUT2D eigenvalue weighted by Gasteiger charge is -2.09. The number of ether oxygens (including phenoxy) is 1. The zero-order valence-electron chi connectivity index (χ0n) is 10.8. The second-order valence-electron chi connectivity index (χ2n) is 4.13. The number of carboxylic acid groups (broad SMARTS) is 1. The molecule has 0 amide bonds. The smallest absolute Gasteiger partial charge is 0.337 e. The molecule has 2 rings (SSSR count). The fourth-order valence-electron chi connectivity index (χ4n) is 1.58. The van der Waals surface area contributed by atoms with Crippen LogP contribution in [0.3, 0.4) is 0 Å². The highest BCUT2D eigenvalue weighted by atomic mass is 35.5. The molecule has 0 fully saturated rings. The number of carboxylic acids is 1. The minimum atomic E-state index is -3.52. The van der Waals surface area contributed by atoms with Crippen molar-refractivity contribution in [3.8, 4) is 11.6 Å². The first-order chi connectivity index (χ1) is 9.79. The molecule has 0 aliphatic rings. The number of benzene rings is 1. The number of carbonyl (C=O) groups is 1. The summed E-state index contributed by atoms with van der Waals surface area (Å²) >= 11 is 5.75. The molecule has 0 saturated heterocycles. The van der Waals surface area contributed by atoms with Crippen molar-refractivity contribution in [2.45, 2.75) is 4.90 Å². The Balaban J connectivity index is 2.45. The molecule has 1 aromatic heterocycles. The van der Waals surface area contributed by atoms with Crippen molar-refractivity contribution in [3.05, 3.63) is 47.1 Å². The molecular weight excluding hydrogens is 318 g/mol. The van der Waals surface area contributed by atoms with Crippen LogP contribution in [0.5, 0.6) is 11.6 Å². The predicted octanol–water partition coefficient (Wildman–Crippen LogP) is 2.63. The Morgan fingerprint density at radius 1 is 1.33 bits per heavy atom. The summed E-state index contributed by atoms with van der Waals surface area (Å²) in [5.41, 5.74) is -0.147. The van der Waals surface area contributed by atoms with Gasteiger partial charge in [-0.2, -0.15) is 0 Å². The molecule has 0 radical (unpaired) electrons. The predicted molar refractivity (Wildman–Crippen MR) is 75.8 cm³/mol. The van der Waals surface area contributed by atoms with Gasteiger partial charge in [0, 0.05) is 12.5 Å². The van der Waals surface area contributed by atoms with Crippen LogP contribution >= 0.6 is 11.6 Å². The molecule has 2 aromatic rings. The molecule has 0 aliphatic carbocycles. The first-order valence-electron chi connectivity index (χ1n) is 5.65. The van der Waals surface area contributed by atoms with Gasteiger partial charge in [0.25, 0.3) is 0 Å². The lowest BCUT2D eigenvalue weighted by molar-refractivity contribution is 0.0696. The van der Waals surface area contributed by atoms with Gasteiger partial charge >= 0.3 is 5.97 Å². The van der Waals surface area contributed by atoms with E-state index in [0.29, 0.717) is 0 Å². The SMILES string of the molecule is CS(=O)(=O)c1cccnc1Oc1ccc(Cl)c(C(=O)O)c1. The van der Waals surface area contributed by atoms with Gasteiger partial charge < -0.3 is 9.84 Å². The van der Waals surface area contributed by atoms with E-state index in [1.54, 1.807) is 0 Å². The molecule has 6 nitrogen and oxygen atoms in total. The van der Waals surface area contributed by atoms with Crippen molar-refractivity contribution in [1.82, 2.24) is 4.98 Å². The topological polar surface area (TPSA) is 93.6 Å². The maximum absolute atomic E-state index is 11.6. The molecule has 0 bridgehead atoms. The number of pyridine rings is 1. The number of aromatic carboxylic acids is 1. The Bertz CT molecular complexity index is 804. The molecule has 21 heavy (non-hydrogen) atoms. The van der Waals surface area contributed by atoms with E-state index in [4.69, 9.17) is 21.4 Å². The molecule has 110 valence electrons. The molecule has 0 unspecified atom stereocenters. The second-order valence-corrected chi connectivity index (χ2v) is 6.52. The monoisotopic (exact) mass is 327 g/mol. The summed E-state index contributed by atoms with van der Waals surface area (Å²) in [6, 6.07) is 6.80. The minimum absolute atomic E-state index is 0.0548. The fraction of sp³-hybridized carbons (Fsp3) is 0.0769. The van der Waals surface area contributed by atoms with Crippen molar-refractivity contribution >= 4 is 27.4 Å². The van der Waals surface area contributed by atoms with Gasteiger partial charge in [-0.05, 0) is 30.3 Å². The maximum Gasteiger partial charge on any atom is 0.337 e. The first-order valence-corrected chi connectivity index (χ1v) is 7.92. The summed E-state index contributed by atoms with van der Waals surface area (Å²) in [7, 11) is -3.52. The van der Waals surface area contributed by atoms with Gasteiger partial charge in [0.1, 0.15) is 10.6 Å². The highest BCUT2D eigenvalue weighted by Gasteiger charge is 2.17. The van der Waals surface area contributed by atoms with Gasteiger partial charge in [0.15, 0.2) is 9.84 Å². The molecule has 1 heterocycles. The van der Waals surface area contributed by atoms with Crippen molar-refractivity contribution in [1.29, 1.82) is 0 Å². The van der Waals surface area contributed by atoms with E-state index in [1.165, 1.54) is 36.5 Å². The first kappa shape index (κ1) is 15.3. The normalized spacial score (nSPS) is 11.1. The number of nitrogens with zero attached hydrogens (tertiary/aromatic N) is 1. The average Bonchev–Trinajstić information content (AvgIpc) is 2.40. The van der Waals surface area contributed by atoms with Crippen molar-refractivity contribution in [2.75, 3.05) is 6.26 Å². The van der Waals surface area contributed by atoms with Crippen LogP contribution in [0.15, 0.2) is 41.4 Å². The lowest BCUT2D eigenvalue weighted by Crippen LogP contribution is -2.02. The summed E-state index contributed by atoms with van der Waals surface area (Å²) in [4.78, 5) is 14.8. The summed E-state index contributed by atoms with van der Waals surface area (Å²) in [6.07, 6.45) is 2.40. The van der Waals surface area contributed by atoms with E-state index in [9.17, 15) is 13.2 Å². The minimum Gasteiger partial charge on any atom is -0.478 e. The van der Waals surface area contributed by atoms with E-state index >= 15 is 0 Å². The van der Waals surface area contributed by atoms with Crippen LogP contribution < -0.4 is 4.74 Å². The number of rotatable bonds is 4. The summed E-state index contributed by atoms with van der Waals surface area (Å²) in [5, 5.41) is 9.04. The number of aromatic nitrogens is 1. The van der Waals surface area contributed by atoms with Crippen LogP contribution in [0.4, 0.5) is 0 Å². The zero-order valence-corrected chi connectivity index (χ0v) is 12.4. The lowest BCUT2D eigenvalue weighted by atomic mass is 10.2. The van der Waals surface area contributed by atoms with E-state index in [2.05, 4.69) is 4.98 Å². The Hall–Kier alpha value is -2.12. The fourth-order valence-corrected chi connectivity index (χ4v) is 2.51. The summed E-state index contributed by atoms with van der Waals surface area (Å²) in [6.45, 7) is 0. The van der Waals surface area contributed by atoms with Crippen molar-refractivity contribution in [2.24, 2.45) is 0 Å². The third-order valence-electron chi connectivity index (χ3n) is 2.52. The Morgan fingerprint density at radius 2 is 2.05 bits per heavy atom. The molecule has 1 aromatic carbocycles. The number of hydrogen-bond acceptors (Lipinski definition) is 5. The van der Waals surface area contributed by atoms with Gasteiger partial charge in [-0.25, -0.2) is 18.2 Å². The molecule has 1 N–H and O–H groups in total. The van der Waals surface area contributed by atoms with Crippen LogP contribution in [0, 0.1) is 0 Å². The third kappa shape index (κ3) is 3.50. The van der Waals surface area contributed by atoms with Crippen molar-refractivity contribution in [3.63, 3.8) is 0 Å². The standard InChI is InChI=1S/C13H10ClNO5S/c1-21(18,19)11-3-2-6-15-12(11)20-8-4-5-10(14)9(7-8)13(16)17/h2-7H,1H3,(H,16,17). The Kier molecular flexibility index (Phi) is 4.15. The number of halogens is 1. The van der Waals surface area contributed by atoms with Gasteiger partial charge in [-0.3, -0.25) is 0 Å². The summed E-state index contributed by atoms with van der Waals surface area (Å²) < 4.78 is 28.6. The second kappa shape index (κ2) is 5.71. The Morgan fingerprint density at radius 3 is 2.67 bits per heavy atom. The zero-order chi connectivity index (χ0) is 15.6. The number of sulfone groups is 1. The van der Waals surface area contributed by atoms with E-state index < -0.39 is 15.8 Å². The highest BCUT2D eigenvalue weighted by molar-refractivity contribution is 7.90. The van der Waals surface area contributed by atoms with Crippen LogP contribution in [-0.2, 0) is 9.84 Å². The quantitative estimate of drug-likeness (QED) is 0.927. The largest absolute Gasteiger partial charge is 0.478 e. The van der Waals surface area contributed by atoms with E-state index in [-0.39, 0.29) is 27.1 Å². The highest BCUT2D eigenvalue weighted by Crippen LogP contribution is 2.29. The van der Waals surface area contributed by atoms with Crippen LogP contribution in [0.1, 0.15) is 10.4 Å². The van der Waals surface area contributed by atoms with Gasteiger partial charge in [0.05, 0.1) is 10.6 Å². The number of hydrogen-bond donors (Lipinski definition) is 1. The molecule has 0 spiro atoms. The van der Waals surface area contributed by atoms with Gasteiger partial charge in [-0.15, -0.1) is 0 Å². The Labute approximate surface area is 125 Å². The van der Waals surface area contributed by atoms with E-state index in [0.717, 1.165) is 6.26 Å².